The highest BCUT2D eigenvalue weighted by molar-refractivity contribution is 6.27. The van der Waals surface area contributed by atoms with Gasteiger partial charge in [-0.2, -0.15) is 0 Å². The molecule has 0 fully saturated rings. The molecule has 0 unspecified atom stereocenters. The van der Waals surface area contributed by atoms with Gasteiger partial charge < -0.3 is 27.4 Å². The standard InChI is InChI=1S/C85H54N6/c1-53-26-25-27-54(52-53)78-81(87-68-41-16-5-30-56(68)57-31-6-17-42-69(57)87)83(89-72-45-20-9-34-60(72)61-35-10-21-46-73(61)89)85(91-76-49-24-14-39-66(76)79-77(91)51-50-65-64-38-13-15-40-67(64)86(80(65)79)55-28-3-2-4-29-55)84(90-74-47-22-11-36-62(74)63-37-12-23-48-75(63)90)82(78)88-70-43-18-7-32-58(70)59-33-8-19-44-71(59)88/h2-52H,1H3. The van der Waals surface area contributed by atoms with Gasteiger partial charge in [-0.25, -0.2) is 0 Å². The van der Waals surface area contributed by atoms with Crippen LogP contribution in [0.4, 0.5) is 0 Å². The summed E-state index contributed by atoms with van der Waals surface area (Å²) in [6.45, 7) is 2.24. The number of aryl methyl sites for hydroxylation is 1. The number of fused-ring (bicyclic) bond motifs is 19. The van der Waals surface area contributed by atoms with Crippen LogP contribution in [0.25, 0.3) is 176 Å². The monoisotopic (exact) mass is 1160 g/mol. The quantitative estimate of drug-likeness (QED) is 0.152. The fourth-order valence-electron chi connectivity index (χ4n) is 16.1. The van der Waals surface area contributed by atoms with Crippen LogP contribution in [0, 0.1) is 6.92 Å². The molecule has 6 heterocycles. The van der Waals surface area contributed by atoms with E-state index in [1.807, 2.05) is 0 Å². The van der Waals surface area contributed by atoms with Crippen molar-refractivity contribution < 1.29 is 0 Å². The number of aromatic nitrogens is 6. The zero-order chi connectivity index (χ0) is 59.6. The molecule has 0 saturated carbocycles. The molecule has 0 aliphatic rings. The van der Waals surface area contributed by atoms with Gasteiger partial charge in [-0.15, -0.1) is 0 Å². The lowest BCUT2D eigenvalue weighted by Gasteiger charge is -2.32. The number of hydrogen-bond acceptors (Lipinski definition) is 0. The topological polar surface area (TPSA) is 29.6 Å². The number of benzene rings is 14. The van der Waals surface area contributed by atoms with E-state index < -0.39 is 0 Å². The second-order valence-electron chi connectivity index (χ2n) is 24.4. The van der Waals surface area contributed by atoms with Crippen molar-refractivity contribution in [2.24, 2.45) is 0 Å². The van der Waals surface area contributed by atoms with E-state index in [2.05, 4.69) is 344 Å². The summed E-state index contributed by atoms with van der Waals surface area (Å²) in [5, 5.41) is 14.2. The third-order valence-corrected chi connectivity index (χ3v) is 19.6. The highest BCUT2D eigenvalue weighted by Gasteiger charge is 2.37. The summed E-state index contributed by atoms with van der Waals surface area (Å²) in [7, 11) is 0. The van der Waals surface area contributed by atoms with Gasteiger partial charge >= 0.3 is 0 Å². The molecular formula is C85H54N6. The predicted molar refractivity (Wildman–Crippen MR) is 383 cm³/mol. The van der Waals surface area contributed by atoms with E-state index >= 15 is 0 Å². The Labute approximate surface area is 522 Å². The maximum Gasteiger partial charge on any atom is 0.0991 e. The van der Waals surface area contributed by atoms with E-state index in [9.17, 15) is 0 Å². The molecule has 6 nitrogen and oxygen atoms in total. The van der Waals surface area contributed by atoms with Gasteiger partial charge in [0.05, 0.1) is 94.6 Å². The first-order valence-electron chi connectivity index (χ1n) is 31.4. The van der Waals surface area contributed by atoms with Crippen LogP contribution in [0.1, 0.15) is 5.56 Å². The highest BCUT2D eigenvalue weighted by Crippen LogP contribution is 2.55. The molecule has 0 radical (unpaired) electrons. The van der Waals surface area contributed by atoms with E-state index in [0.29, 0.717) is 0 Å². The first-order valence-corrected chi connectivity index (χ1v) is 31.4. The lowest BCUT2D eigenvalue weighted by Crippen LogP contribution is -2.18. The number of rotatable bonds is 7. The molecule has 6 heteroatoms. The Morgan fingerprint density at radius 1 is 0.198 bits per heavy atom. The second kappa shape index (κ2) is 18.9. The molecule has 20 aromatic rings. The maximum absolute atomic E-state index is 2.68. The first-order chi connectivity index (χ1) is 45.2. The summed E-state index contributed by atoms with van der Waals surface area (Å²) in [4.78, 5) is 0. The van der Waals surface area contributed by atoms with Crippen molar-refractivity contribution in [1.29, 1.82) is 0 Å². The Bertz CT molecular complexity index is 6010. The van der Waals surface area contributed by atoms with Gasteiger partial charge in [0.25, 0.3) is 0 Å². The summed E-state index contributed by atoms with van der Waals surface area (Å²) < 4.78 is 15.8. The van der Waals surface area contributed by atoms with Crippen LogP contribution in [0.15, 0.2) is 309 Å². The van der Waals surface area contributed by atoms with Crippen LogP contribution in [0.3, 0.4) is 0 Å². The Kier molecular flexibility index (Phi) is 10.4. The average Bonchev–Trinajstić information content (AvgIpc) is 1.59. The number of nitrogens with zero attached hydrogens (tertiary/aromatic N) is 6. The van der Waals surface area contributed by atoms with Crippen molar-refractivity contribution in [2.75, 3.05) is 0 Å². The summed E-state index contributed by atoms with van der Waals surface area (Å²) >= 11 is 0. The van der Waals surface area contributed by atoms with Crippen molar-refractivity contribution in [2.45, 2.75) is 6.92 Å². The van der Waals surface area contributed by atoms with Crippen LogP contribution in [-0.4, -0.2) is 27.4 Å². The van der Waals surface area contributed by atoms with E-state index in [0.717, 1.165) is 111 Å². The third kappa shape index (κ3) is 6.80. The van der Waals surface area contributed by atoms with Gasteiger partial charge in [-0.3, -0.25) is 0 Å². The Hall–Kier alpha value is -12.1. The molecule has 20 rings (SSSR count). The van der Waals surface area contributed by atoms with Gasteiger partial charge in [-0.1, -0.05) is 236 Å². The molecule has 0 spiro atoms. The Morgan fingerprint density at radius 2 is 0.484 bits per heavy atom. The largest absolute Gasteiger partial charge is 0.309 e. The van der Waals surface area contributed by atoms with Crippen molar-refractivity contribution >= 4 is 131 Å². The van der Waals surface area contributed by atoms with Crippen LogP contribution < -0.4 is 0 Å². The van der Waals surface area contributed by atoms with Gasteiger partial charge in [0.15, 0.2) is 0 Å². The minimum absolute atomic E-state index is 1.02. The van der Waals surface area contributed by atoms with Gasteiger partial charge in [-0.05, 0) is 91.3 Å². The summed E-state index contributed by atoms with van der Waals surface area (Å²) in [5.74, 6) is 0. The van der Waals surface area contributed by atoms with Gasteiger partial charge in [0.2, 0.25) is 0 Å². The second-order valence-corrected chi connectivity index (χ2v) is 24.4. The molecule has 0 amide bonds. The highest BCUT2D eigenvalue weighted by atomic mass is 15.2. The summed E-state index contributed by atoms with van der Waals surface area (Å²) in [6.07, 6.45) is 0. The zero-order valence-electron chi connectivity index (χ0n) is 49.6. The fraction of sp³-hybridized carbons (Fsp3) is 0.0118. The molecule has 6 aromatic heterocycles. The molecule has 0 aliphatic heterocycles. The molecule has 0 atom stereocenters. The van der Waals surface area contributed by atoms with Crippen LogP contribution in [-0.2, 0) is 0 Å². The molecule has 91 heavy (non-hydrogen) atoms. The Morgan fingerprint density at radius 3 is 0.857 bits per heavy atom. The van der Waals surface area contributed by atoms with Crippen LogP contribution >= 0.6 is 0 Å². The van der Waals surface area contributed by atoms with Crippen LogP contribution in [0.5, 0.6) is 0 Å². The molecular weight excluding hydrogens is 1100 g/mol. The Balaban J connectivity index is 1.17. The summed E-state index contributed by atoms with van der Waals surface area (Å²) in [6, 6.07) is 116. The lowest BCUT2D eigenvalue weighted by molar-refractivity contribution is 1.00. The van der Waals surface area contributed by atoms with Crippen molar-refractivity contribution in [3.8, 4) is 45.3 Å². The normalized spacial score (nSPS) is 12.2. The third-order valence-electron chi connectivity index (χ3n) is 19.6. The zero-order valence-corrected chi connectivity index (χ0v) is 49.6. The first kappa shape index (κ1) is 49.9. The van der Waals surface area contributed by atoms with E-state index in [4.69, 9.17) is 0 Å². The minimum Gasteiger partial charge on any atom is -0.309 e. The molecule has 0 saturated heterocycles. The smallest absolute Gasteiger partial charge is 0.0991 e. The molecule has 0 N–H and O–H groups in total. The number of para-hydroxylation sites is 11. The van der Waals surface area contributed by atoms with E-state index in [1.165, 1.54) is 70.3 Å². The number of hydrogen-bond donors (Lipinski definition) is 0. The van der Waals surface area contributed by atoms with Crippen molar-refractivity contribution in [3.63, 3.8) is 0 Å². The minimum atomic E-state index is 1.02. The maximum atomic E-state index is 2.68. The van der Waals surface area contributed by atoms with Gasteiger partial charge in [0.1, 0.15) is 0 Å². The summed E-state index contributed by atoms with van der Waals surface area (Å²) in [5.41, 5.74) is 23.0. The predicted octanol–water partition coefficient (Wildman–Crippen LogP) is 22.2. The van der Waals surface area contributed by atoms with E-state index in [-0.39, 0.29) is 0 Å². The molecule has 0 bridgehead atoms. The van der Waals surface area contributed by atoms with E-state index in [1.54, 1.807) is 0 Å². The fourth-order valence-corrected chi connectivity index (χ4v) is 16.1. The van der Waals surface area contributed by atoms with Gasteiger partial charge in [0, 0.05) is 75.9 Å². The molecule has 14 aromatic carbocycles. The SMILES string of the molecule is Cc1cccc(-c2c(-n3c4ccccc4c4ccccc43)c(-n3c4ccccc4c4ccccc43)c(-n3c4ccccc4c4c3ccc3c5ccccc5n(-c5ccccc5)c34)c(-n3c4ccccc4c4ccccc43)c2-n2c3ccccc3c3ccccc32)c1. The van der Waals surface area contributed by atoms with Crippen molar-refractivity contribution in [1.82, 2.24) is 27.4 Å². The molecule has 424 valence electrons. The average molecular weight is 1160 g/mol. The lowest BCUT2D eigenvalue weighted by atomic mass is 9.94. The van der Waals surface area contributed by atoms with Crippen LogP contribution in [0.2, 0.25) is 0 Å². The van der Waals surface area contributed by atoms with Crippen molar-refractivity contribution in [3.05, 3.63) is 315 Å². The molecule has 0 aliphatic carbocycles.